The second-order valence-electron chi connectivity index (χ2n) is 4.31. The fourth-order valence-corrected chi connectivity index (χ4v) is 4.26. The highest BCUT2D eigenvalue weighted by molar-refractivity contribution is 7.92. The van der Waals surface area contributed by atoms with Gasteiger partial charge in [-0.05, 0) is 19.3 Å². The van der Waals surface area contributed by atoms with Gasteiger partial charge in [0.05, 0.1) is 12.4 Å². The summed E-state index contributed by atoms with van der Waals surface area (Å²) in [6.45, 7) is 0.994. The van der Waals surface area contributed by atoms with Gasteiger partial charge in [0, 0.05) is 12.5 Å². The number of sulfone groups is 1. The smallest absolute Gasteiger partial charge is 0.160 e. The Kier molecular flexibility index (Phi) is 3.11. The third-order valence-corrected chi connectivity index (χ3v) is 5.42. The summed E-state index contributed by atoms with van der Waals surface area (Å²) in [4.78, 5) is 12.0. The van der Waals surface area contributed by atoms with Crippen molar-refractivity contribution in [3.8, 4) is 0 Å². The van der Waals surface area contributed by atoms with Crippen LogP contribution in [0.15, 0.2) is 0 Å². The van der Waals surface area contributed by atoms with Crippen LogP contribution < -0.4 is 0 Å². The Morgan fingerprint density at radius 3 is 2.60 bits per heavy atom. The van der Waals surface area contributed by atoms with Gasteiger partial charge in [0.1, 0.15) is 5.25 Å². The zero-order valence-corrected chi connectivity index (χ0v) is 9.46. The Labute approximate surface area is 89.9 Å². The van der Waals surface area contributed by atoms with Gasteiger partial charge in [-0.15, -0.1) is 0 Å². The molecule has 86 valence electrons. The van der Waals surface area contributed by atoms with Crippen LogP contribution in [0.5, 0.6) is 0 Å². The van der Waals surface area contributed by atoms with Gasteiger partial charge < -0.3 is 4.74 Å². The summed E-state index contributed by atoms with van der Waals surface area (Å²) in [5.41, 5.74) is 0. The summed E-state index contributed by atoms with van der Waals surface area (Å²) < 4.78 is 28.6. The summed E-state index contributed by atoms with van der Waals surface area (Å²) >= 11 is 0. The van der Waals surface area contributed by atoms with Crippen LogP contribution in [0, 0.1) is 5.92 Å². The molecule has 0 amide bonds. The van der Waals surface area contributed by atoms with Crippen molar-refractivity contribution in [2.24, 2.45) is 5.92 Å². The maximum atomic E-state index is 12.0. The molecule has 2 heterocycles. The first-order chi connectivity index (χ1) is 7.11. The highest BCUT2D eigenvalue weighted by Gasteiger charge is 2.39. The number of hydrogen-bond donors (Lipinski definition) is 0. The Bertz CT molecular complexity index is 340. The zero-order valence-electron chi connectivity index (χ0n) is 8.65. The van der Waals surface area contributed by atoms with E-state index in [9.17, 15) is 13.2 Å². The summed E-state index contributed by atoms with van der Waals surface area (Å²) in [6, 6.07) is 0. The second kappa shape index (κ2) is 4.22. The minimum absolute atomic E-state index is 0.104. The van der Waals surface area contributed by atoms with Crippen molar-refractivity contribution in [3.63, 3.8) is 0 Å². The van der Waals surface area contributed by atoms with E-state index in [4.69, 9.17) is 4.74 Å². The van der Waals surface area contributed by atoms with Crippen LogP contribution in [0.2, 0.25) is 0 Å². The molecule has 2 rings (SSSR count). The number of hydrogen-bond acceptors (Lipinski definition) is 4. The quantitative estimate of drug-likeness (QED) is 0.698. The summed E-state index contributed by atoms with van der Waals surface area (Å²) in [5, 5.41) is -0.738. The molecule has 4 nitrogen and oxygen atoms in total. The van der Waals surface area contributed by atoms with Crippen molar-refractivity contribution in [2.75, 3.05) is 19.0 Å². The van der Waals surface area contributed by atoms with Crippen molar-refractivity contribution in [1.82, 2.24) is 0 Å². The molecular formula is C10H16O4S. The maximum absolute atomic E-state index is 12.0. The average molecular weight is 232 g/mol. The van der Waals surface area contributed by atoms with E-state index in [2.05, 4.69) is 0 Å². The van der Waals surface area contributed by atoms with Gasteiger partial charge in [0.15, 0.2) is 15.6 Å². The largest absolute Gasteiger partial charge is 0.381 e. The number of carbonyl (C=O) groups excluding carboxylic acids is 1. The van der Waals surface area contributed by atoms with E-state index in [1.165, 1.54) is 0 Å². The van der Waals surface area contributed by atoms with Gasteiger partial charge in [-0.25, -0.2) is 8.42 Å². The van der Waals surface area contributed by atoms with E-state index in [1.54, 1.807) is 0 Å². The van der Waals surface area contributed by atoms with Gasteiger partial charge in [-0.3, -0.25) is 4.79 Å². The standard InChI is InChI=1S/C10H16O4S/c11-10(8-4-5-14-7-8)9-3-1-2-6-15(9,12)13/h8-9H,1-7H2. The van der Waals surface area contributed by atoms with Crippen molar-refractivity contribution in [1.29, 1.82) is 0 Å². The van der Waals surface area contributed by atoms with Gasteiger partial charge in [-0.1, -0.05) is 6.42 Å². The molecule has 0 aliphatic carbocycles. The molecule has 2 aliphatic heterocycles. The number of ether oxygens (including phenoxy) is 1. The molecule has 15 heavy (non-hydrogen) atoms. The number of Topliss-reactive ketones (excluding diaryl/α,β-unsaturated/α-hetero) is 1. The summed E-state index contributed by atoms with van der Waals surface area (Å²) in [7, 11) is -3.17. The molecule has 0 saturated carbocycles. The zero-order chi connectivity index (χ0) is 10.9. The molecule has 2 atom stereocenters. The molecule has 2 fully saturated rings. The second-order valence-corrected chi connectivity index (χ2v) is 6.62. The van der Waals surface area contributed by atoms with Crippen molar-refractivity contribution in [3.05, 3.63) is 0 Å². The topological polar surface area (TPSA) is 60.4 Å². The van der Waals surface area contributed by atoms with Gasteiger partial charge >= 0.3 is 0 Å². The number of ketones is 1. The summed E-state index contributed by atoms with van der Waals surface area (Å²) in [6.07, 6.45) is 2.75. The van der Waals surface area contributed by atoms with E-state index in [0.717, 1.165) is 6.42 Å². The van der Waals surface area contributed by atoms with Crippen LogP contribution in [0.25, 0.3) is 0 Å². The van der Waals surface area contributed by atoms with E-state index in [0.29, 0.717) is 32.5 Å². The molecule has 0 bridgehead atoms. The predicted octanol–water partition coefficient (Wildman–Crippen LogP) is 0.559. The summed E-state index contributed by atoms with van der Waals surface area (Å²) in [5.74, 6) is -0.105. The van der Waals surface area contributed by atoms with Crippen LogP contribution >= 0.6 is 0 Å². The third kappa shape index (κ3) is 2.23. The molecule has 2 unspecified atom stereocenters. The Morgan fingerprint density at radius 2 is 2.00 bits per heavy atom. The molecule has 0 aromatic carbocycles. The van der Waals surface area contributed by atoms with Gasteiger partial charge in [0.2, 0.25) is 0 Å². The van der Waals surface area contributed by atoms with Crippen LogP contribution in [-0.4, -0.2) is 38.4 Å². The van der Waals surface area contributed by atoms with E-state index in [1.807, 2.05) is 0 Å². The van der Waals surface area contributed by atoms with E-state index < -0.39 is 15.1 Å². The van der Waals surface area contributed by atoms with E-state index >= 15 is 0 Å². The third-order valence-electron chi connectivity index (χ3n) is 3.23. The number of carbonyl (C=O) groups is 1. The Balaban J connectivity index is 2.11. The fourth-order valence-electron chi connectivity index (χ4n) is 2.30. The lowest BCUT2D eigenvalue weighted by Crippen LogP contribution is -2.39. The molecule has 2 saturated heterocycles. The average Bonchev–Trinajstić information content (AvgIpc) is 2.69. The lowest BCUT2D eigenvalue weighted by Gasteiger charge is -2.22. The van der Waals surface area contributed by atoms with E-state index in [-0.39, 0.29) is 17.5 Å². The van der Waals surface area contributed by atoms with Crippen LogP contribution in [0.4, 0.5) is 0 Å². The first-order valence-electron chi connectivity index (χ1n) is 5.44. The normalized spacial score (nSPS) is 35.2. The van der Waals surface area contributed by atoms with Gasteiger partial charge in [-0.2, -0.15) is 0 Å². The fraction of sp³-hybridized carbons (Fsp3) is 0.900. The number of rotatable bonds is 2. The minimum Gasteiger partial charge on any atom is -0.381 e. The molecule has 0 radical (unpaired) electrons. The van der Waals surface area contributed by atoms with Crippen LogP contribution in [0.3, 0.4) is 0 Å². The highest BCUT2D eigenvalue weighted by Crippen LogP contribution is 2.25. The lowest BCUT2D eigenvalue weighted by atomic mass is 9.98. The first kappa shape index (κ1) is 11.1. The molecule has 0 aromatic heterocycles. The van der Waals surface area contributed by atoms with Crippen LogP contribution in [0.1, 0.15) is 25.7 Å². The Hall–Kier alpha value is -0.420. The first-order valence-corrected chi connectivity index (χ1v) is 7.16. The van der Waals surface area contributed by atoms with Crippen molar-refractivity contribution in [2.45, 2.75) is 30.9 Å². The van der Waals surface area contributed by atoms with Crippen LogP contribution in [-0.2, 0) is 19.4 Å². The van der Waals surface area contributed by atoms with Gasteiger partial charge in [0.25, 0.3) is 0 Å². The lowest BCUT2D eigenvalue weighted by molar-refractivity contribution is -0.122. The molecule has 0 spiro atoms. The van der Waals surface area contributed by atoms with Crippen molar-refractivity contribution < 1.29 is 17.9 Å². The highest BCUT2D eigenvalue weighted by atomic mass is 32.2. The molecule has 0 N–H and O–H groups in total. The Morgan fingerprint density at radius 1 is 1.20 bits per heavy atom. The SMILES string of the molecule is O=C(C1CCOC1)C1CCCCS1(=O)=O. The molecule has 0 aromatic rings. The van der Waals surface area contributed by atoms with Crippen molar-refractivity contribution >= 4 is 15.6 Å². The predicted molar refractivity (Wildman–Crippen MR) is 55.4 cm³/mol. The molecular weight excluding hydrogens is 216 g/mol. The maximum Gasteiger partial charge on any atom is 0.160 e. The monoisotopic (exact) mass is 232 g/mol. The minimum atomic E-state index is -3.17. The molecule has 2 aliphatic rings. The molecule has 5 heteroatoms.